The summed E-state index contributed by atoms with van der Waals surface area (Å²) in [6, 6.07) is 20.9. The molecule has 37 heavy (non-hydrogen) atoms. The Hall–Kier alpha value is -3.36. The third-order valence-corrected chi connectivity index (χ3v) is 6.85. The van der Waals surface area contributed by atoms with Gasteiger partial charge in [-0.2, -0.15) is 10.2 Å². The summed E-state index contributed by atoms with van der Waals surface area (Å²) in [7, 11) is 0. The Balaban J connectivity index is 1.05. The Bertz CT molecular complexity index is 965. The van der Waals surface area contributed by atoms with Gasteiger partial charge in [0.05, 0.1) is 0 Å². The van der Waals surface area contributed by atoms with Gasteiger partial charge in [0.2, 0.25) is 11.8 Å². The molecule has 2 heterocycles. The lowest BCUT2D eigenvalue weighted by atomic mass is 10.1. The molecule has 0 bridgehead atoms. The fourth-order valence-corrected chi connectivity index (χ4v) is 4.65. The summed E-state index contributed by atoms with van der Waals surface area (Å²) in [4.78, 5) is 29.1. The Morgan fingerprint density at radius 1 is 0.622 bits per heavy atom. The molecule has 0 aromatic heterocycles. The monoisotopic (exact) mass is 502 g/mol. The van der Waals surface area contributed by atoms with Crippen LogP contribution in [0.15, 0.2) is 70.9 Å². The summed E-state index contributed by atoms with van der Waals surface area (Å²) in [6.07, 6.45) is 4.47. The molecular formula is C29H38N6O2. The van der Waals surface area contributed by atoms with Gasteiger partial charge in [-0.1, -0.05) is 60.7 Å². The first-order valence-electron chi connectivity index (χ1n) is 13.3. The van der Waals surface area contributed by atoms with Crippen molar-refractivity contribution < 1.29 is 9.59 Å². The highest BCUT2D eigenvalue weighted by atomic mass is 16.2. The van der Waals surface area contributed by atoms with Crippen LogP contribution in [0.5, 0.6) is 0 Å². The molecule has 2 saturated heterocycles. The van der Waals surface area contributed by atoms with Crippen LogP contribution < -0.4 is 10.9 Å². The highest BCUT2D eigenvalue weighted by Crippen LogP contribution is 2.13. The van der Waals surface area contributed by atoms with Crippen LogP contribution in [0.3, 0.4) is 0 Å². The van der Waals surface area contributed by atoms with Gasteiger partial charge in [-0.05, 0) is 17.5 Å². The molecule has 2 aliphatic heterocycles. The quantitative estimate of drug-likeness (QED) is 0.485. The van der Waals surface area contributed by atoms with Gasteiger partial charge in [-0.25, -0.2) is 10.9 Å². The van der Waals surface area contributed by atoms with E-state index in [-0.39, 0.29) is 24.7 Å². The normalized spacial score (nSPS) is 16.8. The van der Waals surface area contributed by atoms with Crippen LogP contribution in [-0.2, 0) is 22.7 Å². The van der Waals surface area contributed by atoms with Crippen LogP contribution in [-0.4, -0.2) is 59.2 Å². The number of piperidine rings is 2. The summed E-state index contributed by atoms with van der Waals surface area (Å²) >= 11 is 0. The minimum atomic E-state index is -0.149. The van der Waals surface area contributed by atoms with Gasteiger partial charge in [0, 0.05) is 89.2 Å². The second-order valence-corrected chi connectivity index (χ2v) is 9.80. The molecule has 0 aliphatic carbocycles. The summed E-state index contributed by atoms with van der Waals surface area (Å²) in [5.41, 5.74) is 10.0. The van der Waals surface area contributed by atoms with Crippen LogP contribution in [0.4, 0.5) is 0 Å². The lowest BCUT2D eigenvalue weighted by Crippen LogP contribution is -2.34. The largest absolute Gasteiger partial charge is 0.298 e. The number of amides is 2. The molecule has 0 radical (unpaired) electrons. The first-order valence-corrected chi connectivity index (χ1v) is 13.3. The number of benzene rings is 2. The van der Waals surface area contributed by atoms with Crippen LogP contribution in [0.1, 0.15) is 56.1 Å². The first kappa shape index (κ1) is 26.7. The highest BCUT2D eigenvalue weighted by molar-refractivity contribution is 5.88. The molecule has 8 heteroatoms. The van der Waals surface area contributed by atoms with E-state index < -0.39 is 0 Å². The summed E-state index contributed by atoms with van der Waals surface area (Å²) in [5.74, 6) is -0.298. The van der Waals surface area contributed by atoms with Crippen molar-refractivity contribution in [2.24, 2.45) is 10.2 Å². The summed E-state index contributed by atoms with van der Waals surface area (Å²) in [5, 5.41) is 8.63. The van der Waals surface area contributed by atoms with Crippen molar-refractivity contribution in [2.75, 3.05) is 26.2 Å². The van der Waals surface area contributed by atoms with E-state index in [1.165, 1.54) is 11.1 Å². The van der Waals surface area contributed by atoms with Crippen LogP contribution in [0, 0.1) is 0 Å². The minimum absolute atomic E-state index is 0.149. The van der Waals surface area contributed by atoms with E-state index in [1.54, 1.807) is 0 Å². The predicted octanol–water partition coefficient (Wildman–Crippen LogP) is 3.69. The number of nitrogens with zero attached hydrogens (tertiary/aromatic N) is 4. The third-order valence-electron chi connectivity index (χ3n) is 6.85. The maximum atomic E-state index is 12.1. The number of hydrogen-bond donors (Lipinski definition) is 2. The van der Waals surface area contributed by atoms with Gasteiger partial charge in [0.15, 0.2) is 0 Å². The minimum Gasteiger partial charge on any atom is -0.298 e. The van der Waals surface area contributed by atoms with Gasteiger partial charge in [0.1, 0.15) is 0 Å². The van der Waals surface area contributed by atoms with Crippen LogP contribution in [0.25, 0.3) is 0 Å². The maximum absolute atomic E-state index is 12.1. The molecule has 2 aromatic carbocycles. The average molecular weight is 503 g/mol. The van der Waals surface area contributed by atoms with E-state index in [0.717, 1.165) is 76.4 Å². The van der Waals surface area contributed by atoms with Gasteiger partial charge in [-0.3, -0.25) is 19.4 Å². The van der Waals surface area contributed by atoms with E-state index in [2.05, 4.69) is 79.4 Å². The fourth-order valence-electron chi connectivity index (χ4n) is 4.65. The molecule has 2 fully saturated rings. The summed E-state index contributed by atoms with van der Waals surface area (Å²) in [6.45, 7) is 5.66. The molecule has 0 spiro atoms. The molecule has 8 nitrogen and oxygen atoms in total. The molecule has 0 unspecified atom stereocenters. The van der Waals surface area contributed by atoms with Crippen molar-refractivity contribution in [3.05, 3.63) is 71.8 Å². The Kier molecular flexibility index (Phi) is 10.4. The molecule has 2 N–H and O–H groups in total. The van der Waals surface area contributed by atoms with Crippen molar-refractivity contribution in [2.45, 2.75) is 58.0 Å². The molecule has 2 amide bonds. The number of carbonyl (C=O) groups is 2. The number of hydrazone groups is 2. The molecular weight excluding hydrogens is 464 g/mol. The Labute approximate surface area is 219 Å². The SMILES string of the molecule is O=C(CCCC(=O)NN=C1CCN(Cc2ccccc2)CC1)NN=C1CCN(Cc2ccccc2)CC1. The Morgan fingerprint density at radius 2 is 1.00 bits per heavy atom. The number of hydrogen-bond acceptors (Lipinski definition) is 6. The van der Waals surface area contributed by atoms with Gasteiger partial charge in [-0.15, -0.1) is 0 Å². The molecule has 2 aromatic rings. The van der Waals surface area contributed by atoms with E-state index in [4.69, 9.17) is 0 Å². The zero-order valence-electron chi connectivity index (χ0n) is 21.6. The van der Waals surface area contributed by atoms with Crippen molar-refractivity contribution in [3.8, 4) is 0 Å². The number of carbonyl (C=O) groups excluding carboxylic acids is 2. The van der Waals surface area contributed by atoms with Crippen molar-refractivity contribution >= 4 is 23.2 Å². The van der Waals surface area contributed by atoms with Crippen LogP contribution >= 0.6 is 0 Å². The Morgan fingerprint density at radius 3 is 1.38 bits per heavy atom. The smallest absolute Gasteiger partial charge is 0.240 e. The summed E-state index contributed by atoms with van der Waals surface area (Å²) < 4.78 is 0. The van der Waals surface area contributed by atoms with E-state index in [9.17, 15) is 9.59 Å². The lowest BCUT2D eigenvalue weighted by Gasteiger charge is -2.27. The van der Waals surface area contributed by atoms with Gasteiger partial charge < -0.3 is 0 Å². The number of nitrogens with one attached hydrogen (secondary N) is 2. The van der Waals surface area contributed by atoms with Gasteiger partial charge >= 0.3 is 0 Å². The molecule has 4 rings (SSSR count). The van der Waals surface area contributed by atoms with Crippen LogP contribution in [0.2, 0.25) is 0 Å². The molecule has 196 valence electrons. The molecule has 0 atom stereocenters. The van der Waals surface area contributed by atoms with Crippen molar-refractivity contribution in [1.82, 2.24) is 20.7 Å². The van der Waals surface area contributed by atoms with Crippen molar-refractivity contribution in [1.29, 1.82) is 0 Å². The maximum Gasteiger partial charge on any atom is 0.240 e. The average Bonchev–Trinajstić information content (AvgIpc) is 2.93. The van der Waals surface area contributed by atoms with E-state index in [0.29, 0.717) is 6.42 Å². The topological polar surface area (TPSA) is 89.4 Å². The number of rotatable bonds is 10. The standard InChI is InChI=1S/C29H38N6O2/c36-28(32-30-26-14-18-34(19-15-26)22-24-8-3-1-4-9-24)12-7-13-29(37)33-31-27-16-20-35(21-17-27)23-25-10-5-2-6-11-25/h1-6,8-11H,7,12-23H2,(H,32,36)(H,33,37). The first-order chi connectivity index (χ1) is 18.1. The highest BCUT2D eigenvalue weighted by Gasteiger charge is 2.17. The second kappa shape index (κ2) is 14.4. The number of likely N-dealkylation sites (tertiary alicyclic amines) is 2. The fraction of sp³-hybridized carbons (Fsp3) is 0.448. The van der Waals surface area contributed by atoms with E-state index in [1.807, 2.05) is 12.1 Å². The molecule has 0 saturated carbocycles. The lowest BCUT2D eigenvalue weighted by molar-refractivity contribution is -0.122. The predicted molar refractivity (Wildman–Crippen MR) is 147 cm³/mol. The van der Waals surface area contributed by atoms with E-state index >= 15 is 0 Å². The third kappa shape index (κ3) is 9.55. The zero-order valence-corrected chi connectivity index (χ0v) is 21.6. The zero-order chi connectivity index (χ0) is 25.7. The van der Waals surface area contributed by atoms with Crippen molar-refractivity contribution in [3.63, 3.8) is 0 Å². The van der Waals surface area contributed by atoms with Gasteiger partial charge in [0.25, 0.3) is 0 Å². The second-order valence-electron chi connectivity index (χ2n) is 9.80. The molecule has 2 aliphatic rings.